The van der Waals surface area contributed by atoms with Crippen LogP contribution in [0, 0.1) is 0 Å². The molecule has 0 atom stereocenters. The molecule has 5 nitrogen and oxygen atoms in total. The zero-order valence-corrected chi connectivity index (χ0v) is 8.14. The standard InChI is InChI=1S/C11H7NO4/c13-8(14)5-12-9-10(15)6-3-1-2-4-7(6)11(9)16/h1-4H,5H2,(H,13,14). The highest BCUT2D eigenvalue weighted by atomic mass is 16.4. The highest BCUT2D eigenvalue weighted by Gasteiger charge is 2.09. The molecule has 0 amide bonds. The Morgan fingerprint density at radius 1 is 1.12 bits per heavy atom. The summed E-state index contributed by atoms with van der Waals surface area (Å²) in [5.74, 6) is -1.18. The van der Waals surface area contributed by atoms with Gasteiger partial charge in [-0.3, -0.25) is 19.4 Å². The number of fused-ring (bicyclic) bond motifs is 1. The molecule has 2 rings (SSSR count). The third-order valence-corrected chi connectivity index (χ3v) is 2.22. The predicted octanol–water partition coefficient (Wildman–Crippen LogP) is -0.579. The van der Waals surface area contributed by atoms with E-state index >= 15 is 0 Å². The van der Waals surface area contributed by atoms with E-state index in [0.29, 0.717) is 0 Å². The number of benzene rings is 1. The fourth-order valence-corrected chi connectivity index (χ4v) is 1.53. The summed E-state index contributed by atoms with van der Waals surface area (Å²) in [4.78, 5) is 37.2. The van der Waals surface area contributed by atoms with Crippen molar-refractivity contribution >= 4 is 16.7 Å². The van der Waals surface area contributed by atoms with Crippen molar-refractivity contribution < 1.29 is 9.90 Å². The third-order valence-electron chi connectivity index (χ3n) is 2.22. The molecule has 0 aliphatic heterocycles. The van der Waals surface area contributed by atoms with Gasteiger partial charge in [0.25, 0.3) is 0 Å². The lowest BCUT2D eigenvalue weighted by molar-refractivity contribution is -0.135. The molecular weight excluding hydrogens is 210 g/mol. The van der Waals surface area contributed by atoms with Crippen LogP contribution in [0.4, 0.5) is 0 Å². The maximum atomic E-state index is 11.7. The number of carbonyl (C=O) groups is 1. The van der Waals surface area contributed by atoms with Gasteiger partial charge in [0.2, 0.25) is 10.9 Å². The topological polar surface area (TPSA) is 83.8 Å². The molecule has 0 unspecified atom stereocenters. The monoisotopic (exact) mass is 217 g/mol. The Morgan fingerprint density at radius 2 is 1.62 bits per heavy atom. The van der Waals surface area contributed by atoms with Crippen LogP contribution in [0.2, 0.25) is 0 Å². The zero-order chi connectivity index (χ0) is 11.7. The summed E-state index contributed by atoms with van der Waals surface area (Å²) in [6.45, 7) is -0.569. The Balaban J connectivity index is 2.82. The minimum atomic E-state index is -1.18. The van der Waals surface area contributed by atoms with Crippen LogP contribution in [-0.2, 0) is 4.79 Å². The number of hydrogen-bond donors (Lipinski definition) is 1. The van der Waals surface area contributed by atoms with E-state index in [1.54, 1.807) is 12.1 Å². The summed E-state index contributed by atoms with van der Waals surface area (Å²) >= 11 is 0. The van der Waals surface area contributed by atoms with E-state index in [1.165, 1.54) is 12.1 Å². The minimum Gasteiger partial charge on any atom is -0.480 e. The summed E-state index contributed by atoms with van der Waals surface area (Å²) in [5.41, 5.74) is -0.997. The smallest absolute Gasteiger partial charge is 0.325 e. The Labute approximate surface area is 89.0 Å². The summed E-state index contributed by atoms with van der Waals surface area (Å²) < 4.78 is 0. The van der Waals surface area contributed by atoms with Gasteiger partial charge in [-0.1, -0.05) is 24.3 Å². The molecule has 0 radical (unpaired) electrons. The number of rotatable bonds is 2. The van der Waals surface area contributed by atoms with Crippen LogP contribution in [0.3, 0.4) is 0 Å². The summed E-state index contributed by atoms with van der Waals surface area (Å²) in [6.07, 6.45) is 0. The molecule has 0 saturated heterocycles. The lowest BCUT2D eigenvalue weighted by Gasteiger charge is -1.81. The Bertz CT molecular complexity index is 658. The number of nitrogens with zero attached hydrogens (tertiary/aromatic N) is 1. The van der Waals surface area contributed by atoms with Crippen molar-refractivity contribution in [1.29, 1.82) is 0 Å². The Hall–Kier alpha value is -2.30. The zero-order valence-electron chi connectivity index (χ0n) is 8.14. The van der Waals surface area contributed by atoms with E-state index in [0.717, 1.165) is 0 Å². The summed E-state index contributed by atoms with van der Waals surface area (Å²) in [5, 5.41) is 8.72. The van der Waals surface area contributed by atoms with Gasteiger partial charge in [-0.2, -0.15) is 0 Å². The molecule has 0 bridgehead atoms. The molecule has 0 aliphatic carbocycles. The van der Waals surface area contributed by atoms with Gasteiger partial charge in [0, 0.05) is 10.8 Å². The Morgan fingerprint density at radius 3 is 2.06 bits per heavy atom. The van der Waals surface area contributed by atoms with Crippen LogP contribution in [0.25, 0.3) is 10.8 Å². The van der Waals surface area contributed by atoms with Crippen LogP contribution in [-0.4, -0.2) is 17.6 Å². The molecule has 2 aromatic carbocycles. The van der Waals surface area contributed by atoms with Crippen LogP contribution in [0.5, 0.6) is 0 Å². The van der Waals surface area contributed by atoms with E-state index in [-0.39, 0.29) is 16.1 Å². The first-order valence-electron chi connectivity index (χ1n) is 4.56. The molecule has 0 saturated carbocycles. The average molecular weight is 217 g/mol. The van der Waals surface area contributed by atoms with Gasteiger partial charge in [-0.15, -0.1) is 0 Å². The lowest BCUT2D eigenvalue weighted by atomic mass is 10.2. The largest absolute Gasteiger partial charge is 0.480 e. The van der Waals surface area contributed by atoms with E-state index in [2.05, 4.69) is 4.99 Å². The van der Waals surface area contributed by atoms with Gasteiger partial charge in [0.05, 0.1) is 0 Å². The average Bonchev–Trinajstić information content (AvgIpc) is 2.50. The van der Waals surface area contributed by atoms with Crippen molar-refractivity contribution in [3.63, 3.8) is 0 Å². The van der Waals surface area contributed by atoms with Crippen molar-refractivity contribution in [3.05, 3.63) is 50.1 Å². The molecule has 5 heteroatoms. The SMILES string of the molecule is O=C(O)CN=c1c(=O)c2ccccc2c1=O. The van der Waals surface area contributed by atoms with Gasteiger partial charge in [-0.05, 0) is 0 Å². The molecule has 1 N–H and O–H groups in total. The second-order valence-electron chi connectivity index (χ2n) is 3.26. The fraction of sp³-hybridized carbons (Fsp3) is 0.0909. The number of carboxylic acids is 1. The lowest BCUT2D eigenvalue weighted by Crippen LogP contribution is -2.32. The number of hydrogen-bond acceptors (Lipinski definition) is 4. The number of aliphatic carboxylic acids is 1. The molecular formula is C11H7NO4. The normalized spacial score (nSPS) is 10.5. The van der Waals surface area contributed by atoms with Gasteiger partial charge in [0.1, 0.15) is 6.54 Å². The Kier molecular flexibility index (Phi) is 2.36. The summed E-state index contributed by atoms with van der Waals surface area (Å²) in [7, 11) is 0. The molecule has 0 heterocycles. The molecule has 80 valence electrons. The quantitative estimate of drug-likeness (QED) is 0.729. The van der Waals surface area contributed by atoms with Crippen LogP contribution in [0.1, 0.15) is 0 Å². The van der Waals surface area contributed by atoms with Gasteiger partial charge in [0.15, 0.2) is 5.36 Å². The fourth-order valence-electron chi connectivity index (χ4n) is 1.53. The van der Waals surface area contributed by atoms with Crippen molar-refractivity contribution in [3.8, 4) is 0 Å². The van der Waals surface area contributed by atoms with Gasteiger partial charge < -0.3 is 5.11 Å². The van der Waals surface area contributed by atoms with Crippen molar-refractivity contribution in [2.75, 3.05) is 6.54 Å². The first kappa shape index (κ1) is 10.2. The third kappa shape index (κ3) is 1.52. The van der Waals surface area contributed by atoms with Gasteiger partial charge >= 0.3 is 5.97 Å². The van der Waals surface area contributed by atoms with Crippen molar-refractivity contribution in [2.45, 2.75) is 0 Å². The maximum Gasteiger partial charge on any atom is 0.325 e. The second kappa shape index (κ2) is 3.69. The molecule has 0 spiro atoms. The summed E-state index contributed by atoms with van der Waals surface area (Å²) in [6, 6.07) is 6.34. The molecule has 0 aliphatic rings. The van der Waals surface area contributed by atoms with Gasteiger partial charge in [-0.25, -0.2) is 0 Å². The van der Waals surface area contributed by atoms with E-state index in [4.69, 9.17) is 5.11 Å². The molecule has 0 aromatic heterocycles. The molecule has 0 fully saturated rings. The first-order valence-corrected chi connectivity index (χ1v) is 4.56. The minimum absolute atomic E-state index is 0.288. The predicted molar refractivity (Wildman–Crippen MR) is 56.9 cm³/mol. The van der Waals surface area contributed by atoms with Crippen LogP contribution >= 0.6 is 0 Å². The maximum absolute atomic E-state index is 11.7. The van der Waals surface area contributed by atoms with Crippen molar-refractivity contribution in [2.24, 2.45) is 4.99 Å². The molecule has 16 heavy (non-hydrogen) atoms. The highest BCUT2D eigenvalue weighted by Crippen LogP contribution is 2.01. The highest BCUT2D eigenvalue weighted by molar-refractivity contribution is 5.83. The van der Waals surface area contributed by atoms with E-state index in [1.807, 2.05) is 0 Å². The van der Waals surface area contributed by atoms with E-state index < -0.39 is 23.4 Å². The second-order valence-corrected chi connectivity index (χ2v) is 3.26. The molecule has 2 aromatic rings. The number of carboxylic acid groups (broad SMARTS) is 1. The van der Waals surface area contributed by atoms with Crippen LogP contribution in [0.15, 0.2) is 38.8 Å². The van der Waals surface area contributed by atoms with Crippen LogP contribution < -0.4 is 16.2 Å². The first-order chi connectivity index (χ1) is 7.61. The van der Waals surface area contributed by atoms with Crippen molar-refractivity contribution in [1.82, 2.24) is 0 Å². The van der Waals surface area contributed by atoms with E-state index in [9.17, 15) is 14.4 Å².